The first-order valence-electron chi connectivity index (χ1n) is 6.65. The number of ether oxygens (including phenoxy) is 2. The van der Waals surface area contributed by atoms with E-state index in [1.54, 1.807) is 26.0 Å². The summed E-state index contributed by atoms with van der Waals surface area (Å²) in [4.78, 5) is 7.88. The van der Waals surface area contributed by atoms with Gasteiger partial charge in [0.25, 0.3) is 0 Å². The van der Waals surface area contributed by atoms with Crippen molar-refractivity contribution in [2.45, 2.75) is 18.1 Å². The van der Waals surface area contributed by atoms with Gasteiger partial charge in [-0.05, 0) is 18.7 Å². The molecule has 0 aliphatic carbocycles. The Morgan fingerprint density at radius 3 is 2.95 bits per heavy atom. The van der Waals surface area contributed by atoms with E-state index in [4.69, 9.17) is 9.47 Å². The predicted octanol–water partition coefficient (Wildman–Crippen LogP) is 2.29. The Morgan fingerprint density at radius 1 is 1.40 bits per heavy atom. The average molecular weight is 295 g/mol. The Bertz CT molecular complexity index is 538. The molecule has 0 fully saturated rings. The molecule has 1 aromatic heterocycles. The van der Waals surface area contributed by atoms with Crippen LogP contribution in [0.3, 0.4) is 0 Å². The topological polar surface area (TPSA) is 59.2 Å². The largest absolute Gasteiger partial charge is 0.497 e. The number of methoxy groups -OCH3 is 2. The molecule has 0 aliphatic rings. The number of nitrogens with one attached hydrogen (secondary N) is 2. The Kier molecular flexibility index (Phi) is 5.70. The lowest BCUT2D eigenvalue weighted by molar-refractivity contribution is 0.174. The summed E-state index contributed by atoms with van der Waals surface area (Å²) in [6, 6.07) is 6.18. The number of likely N-dealkylation sites (N-methyl/N-ethyl adjacent to an activating group) is 1. The van der Waals surface area contributed by atoms with Crippen LogP contribution in [0.2, 0.25) is 0 Å². The summed E-state index contributed by atoms with van der Waals surface area (Å²) < 4.78 is 10.4. The second-order valence-corrected chi connectivity index (χ2v) is 5.45. The van der Waals surface area contributed by atoms with E-state index in [2.05, 4.69) is 22.2 Å². The quantitative estimate of drug-likeness (QED) is 0.732. The van der Waals surface area contributed by atoms with Gasteiger partial charge in [0.2, 0.25) is 0 Å². The minimum Gasteiger partial charge on any atom is -0.497 e. The zero-order chi connectivity index (χ0) is 14.4. The molecule has 1 heterocycles. The summed E-state index contributed by atoms with van der Waals surface area (Å²) in [7, 11) is 3.39. The van der Waals surface area contributed by atoms with E-state index in [0.29, 0.717) is 12.6 Å². The minimum atomic E-state index is 0.331. The molecule has 0 spiro atoms. The van der Waals surface area contributed by atoms with Crippen LogP contribution in [-0.2, 0) is 4.74 Å². The molecule has 0 bridgehead atoms. The number of imidazole rings is 1. The Morgan fingerprint density at radius 2 is 2.25 bits per heavy atom. The molecule has 6 heteroatoms. The van der Waals surface area contributed by atoms with Crippen LogP contribution in [0.25, 0.3) is 11.0 Å². The normalized spacial score (nSPS) is 12.8. The van der Waals surface area contributed by atoms with Crippen molar-refractivity contribution in [1.82, 2.24) is 15.3 Å². The zero-order valence-electron chi connectivity index (χ0n) is 12.1. The molecule has 0 saturated carbocycles. The fraction of sp³-hybridized carbons (Fsp3) is 0.500. The average Bonchev–Trinajstić information content (AvgIpc) is 2.87. The third kappa shape index (κ3) is 3.88. The van der Waals surface area contributed by atoms with Crippen molar-refractivity contribution in [3.8, 4) is 5.75 Å². The van der Waals surface area contributed by atoms with E-state index in [9.17, 15) is 0 Å². The smallest absolute Gasteiger partial charge is 0.166 e. The molecular formula is C14H21N3O2S. The molecule has 1 aromatic carbocycles. The number of H-pyrrole nitrogens is 1. The van der Waals surface area contributed by atoms with Crippen LogP contribution in [0.4, 0.5) is 0 Å². The second-order valence-electron chi connectivity index (χ2n) is 4.45. The first-order chi connectivity index (χ1) is 9.76. The fourth-order valence-corrected chi connectivity index (χ4v) is 2.91. The number of rotatable bonds is 8. The number of aromatic amines is 1. The minimum absolute atomic E-state index is 0.331. The third-order valence-corrected chi connectivity index (χ3v) is 3.99. The van der Waals surface area contributed by atoms with Crippen molar-refractivity contribution < 1.29 is 9.47 Å². The second kappa shape index (κ2) is 7.52. The van der Waals surface area contributed by atoms with Crippen LogP contribution in [0, 0.1) is 0 Å². The fourth-order valence-electron chi connectivity index (χ4n) is 2.00. The van der Waals surface area contributed by atoms with Gasteiger partial charge in [0.1, 0.15) is 5.75 Å². The standard InChI is InChI=1S/C14H21N3O2S/c1-4-15-10(8-18-2)9-20-14-16-12-6-5-11(19-3)7-13(12)17-14/h5-7,10,15H,4,8-9H2,1-3H3,(H,16,17). The molecule has 5 nitrogen and oxygen atoms in total. The van der Waals surface area contributed by atoms with Crippen molar-refractivity contribution in [3.63, 3.8) is 0 Å². The van der Waals surface area contributed by atoms with E-state index in [-0.39, 0.29) is 0 Å². The van der Waals surface area contributed by atoms with Gasteiger partial charge >= 0.3 is 0 Å². The number of thioether (sulfide) groups is 1. The molecule has 2 aromatic rings. The van der Waals surface area contributed by atoms with Crippen LogP contribution < -0.4 is 10.1 Å². The number of benzene rings is 1. The Balaban J connectivity index is 2.02. The maximum Gasteiger partial charge on any atom is 0.166 e. The van der Waals surface area contributed by atoms with Crippen molar-refractivity contribution in [1.29, 1.82) is 0 Å². The highest BCUT2D eigenvalue weighted by Crippen LogP contribution is 2.23. The van der Waals surface area contributed by atoms with E-state index < -0.39 is 0 Å². The molecule has 110 valence electrons. The summed E-state index contributed by atoms with van der Waals surface area (Å²) in [6.07, 6.45) is 0. The number of aromatic nitrogens is 2. The molecule has 1 atom stereocenters. The van der Waals surface area contributed by atoms with Gasteiger partial charge in [-0.25, -0.2) is 4.98 Å². The molecule has 20 heavy (non-hydrogen) atoms. The van der Waals surface area contributed by atoms with Gasteiger partial charge in [-0.3, -0.25) is 0 Å². The predicted molar refractivity (Wildman–Crippen MR) is 82.7 cm³/mol. The lowest BCUT2D eigenvalue weighted by Crippen LogP contribution is -2.35. The van der Waals surface area contributed by atoms with E-state index in [0.717, 1.165) is 34.2 Å². The van der Waals surface area contributed by atoms with Crippen molar-refractivity contribution >= 4 is 22.8 Å². The van der Waals surface area contributed by atoms with Gasteiger partial charge in [-0.15, -0.1) is 0 Å². The Hall–Kier alpha value is -1.24. The van der Waals surface area contributed by atoms with Gasteiger partial charge in [-0.1, -0.05) is 18.7 Å². The maximum atomic E-state index is 5.21. The number of hydrogen-bond donors (Lipinski definition) is 2. The summed E-state index contributed by atoms with van der Waals surface area (Å²) in [5.74, 6) is 1.75. The first-order valence-corrected chi connectivity index (χ1v) is 7.64. The van der Waals surface area contributed by atoms with Crippen LogP contribution in [0.1, 0.15) is 6.92 Å². The SMILES string of the molecule is CCNC(COC)CSc1nc2ccc(OC)cc2[nH]1. The zero-order valence-corrected chi connectivity index (χ0v) is 12.9. The maximum absolute atomic E-state index is 5.21. The Labute approximate surface area is 123 Å². The molecule has 0 saturated heterocycles. The molecule has 2 N–H and O–H groups in total. The van der Waals surface area contributed by atoms with Gasteiger partial charge in [-0.2, -0.15) is 0 Å². The summed E-state index contributed by atoms with van der Waals surface area (Å²) >= 11 is 1.70. The highest BCUT2D eigenvalue weighted by molar-refractivity contribution is 7.99. The lowest BCUT2D eigenvalue weighted by Gasteiger charge is -2.15. The first kappa shape index (κ1) is 15.2. The highest BCUT2D eigenvalue weighted by Gasteiger charge is 2.10. The molecule has 0 aliphatic heterocycles. The van der Waals surface area contributed by atoms with Crippen molar-refractivity contribution in [2.24, 2.45) is 0 Å². The van der Waals surface area contributed by atoms with Crippen molar-refractivity contribution in [2.75, 3.05) is 33.1 Å². The van der Waals surface area contributed by atoms with Gasteiger partial charge < -0.3 is 19.8 Å². The monoisotopic (exact) mass is 295 g/mol. The van der Waals surface area contributed by atoms with Crippen LogP contribution >= 0.6 is 11.8 Å². The molecular weight excluding hydrogens is 274 g/mol. The summed E-state index contributed by atoms with van der Waals surface area (Å²) in [5.41, 5.74) is 1.96. The van der Waals surface area contributed by atoms with Gasteiger partial charge in [0.15, 0.2) is 5.16 Å². The molecule has 0 amide bonds. The summed E-state index contributed by atoms with van der Waals surface area (Å²) in [6.45, 7) is 3.74. The number of fused-ring (bicyclic) bond motifs is 1. The molecule has 2 rings (SSSR count). The summed E-state index contributed by atoms with van der Waals surface area (Å²) in [5, 5.41) is 4.32. The van der Waals surface area contributed by atoms with E-state index in [1.165, 1.54) is 0 Å². The van der Waals surface area contributed by atoms with Crippen LogP contribution in [0.5, 0.6) is 5.75 Å². The van der Waals surface area contributed by atoms with Gasteiger partial charge in [0, 0.05) is 25.0 Å². The lowest BCUT2D eigenvalue weighted by atomic mass is 10.3. The number of nitrogens with zero attached hydrogens (tertiary/aromatic N) is 1. The highest BCUT2D eigenvalue weighted by atomic mass is 32.2. The van der Waals surface area contributed by atoms with Crippen LogP contribution in [-0.4, -0.2) is 49.1 Å². The number of hydrogen-bond acceptors (Lipinski definition) is 5. The van der Waals surface area contributed by atoms with Gasteiger partial charge in [0.05, 0.1) is 24.8 Å². The van der Waals surface area contributed by atoms with Crippen LogP contribution in [0.15, 0.2) is 23.4 Å². The molecule has 1 unspecified atom stereocenters. The van der Waals surface area contributed by atoms with E-state index >= 15 is 0 Å². The van der Waals surface area contributed by atoms with E-state index in [1.807, 2.05) is 18.2 Å². The third-order valence-electron chi connectivity index (χ3n) is 2.95. The van der Waals surface area contributed by atoms with Crippen molar-refractivity contribution in [3.05, 3.63) is 18.2 Å². The molecule has 0 radical (unpaired) electrons.